The van der Waals surface area contributed by atoms with Crippen LogP contribution >= 0.6 is 0 Å². The van der Waals surface area contributed by atoms with Crippen LogP contribution in [0.15, 0.2) is 48.5 Å². The van der Waals surface area contributed by atoms with Crippen molar-refractivity contribution in [3.8, 4) is 5.69 Å². The SMILES string of the molecule is Cc1nn(-c2cccc(NC(=O)Nc3ccc(F)cc3)c2)c(C)c1CC(=O)O. The number of nitrogens with one attached hydrogen (secondary N) is 2. The highest BCUT2D eigenvalue weighted by atomic mass is 19.1. The van der Waals surface area contributed by atoms with E-state index in [1.165, 1.54) is 24.3 Å². The van der Waals surface area contributed by atoms with Crippen molar-refractivity contribution >= 4 is 23.4 Å². The maximum Gasteiger partial charge on any atom is 0.323 e. The molecular weight excluding hydrogens is 363 g/mol. The molecule has 2 amide bonds. The zero-order valence-electron chi connectivity index (χ0n) is 15.4. The van der Waals surface area contributed by atoms with E-state index in [0.717, 1.165) is 5.69 Å². The number of carboxylic acids is 1. The van der Waals surface area contributed by atoms with E-state index in [4.69, 9.17) is 5.11 Å². The van der Waals surface area contributed by atoms with Gasteiger partial charge in [-0.15, -0.1) is 0 Å². The van der Waals surface area contributed by atoms with Crippen LogP contribution in [-0.2, 0) is 11.2 Å². The number of carbonyl (C=O) groups excluding carboxylic acids is 1. The molecule has 3 rings (SSSR count). The van der Waals surface area contributed by atoms with E-state index < -0.39 is 12.0 Å². The summed E-state index contributed by atoms with van der Waals surface area (Å²) in [5.74, 6) is -1.30. The summed E-state index contributed by atoms with van der Waals surface area (Å²) in [4.78, 5) is 23.2. The fraction of sp³-hybridized carbons (Fsp3) is 0.150. The third-order valence-corrected chi connectivity index (χ3v) is 4.22. The first kappa shape index (κ1) is 19.1. The molecule has 0 saturated heterocycles. The van der Waals surface area contributed by atoms with Crippen LogP contribution in [0.3, 0.4) is 0 Å². The number of halogens is 1. The molecule has 0 aliphatic rings. The predicted molar refractivity (Wildman–Crippen MR) is 103 cm³/mol. The number of rotatable bonds is 5. The maximum absolute atomic E-state index is 12.9. The summed E-state index contributed by atoms with van der Waals surface area (Å²) in [7, 11) is 0. The van der Waals surface area contributed by atoms with Gasteiger partial charge in [-0.05, 0) is 56.3 Å². The minimum Gasteiger partial charge on any atom is -0.481 e. The number of benzene rings is 2. The van der Waals surface area contributed by atoms with Gasteiger partial charge in [-0.25, -0.2) is 13.9 Å². The van der Waals surface area contributed by atoms with Gasteiger partial charge in [0.15, 0.2) is 0 Å². The second kappa shape index (κ2) is 7.91. The van der Waals surface area contributed by atoms with Crippen molar-refractivity contribution in [2.24, 2.45) is 0 Å². The Balaban J connectivity index is 1.78. The van der Waals surface area contributed by atoms with E-state index in [0.29, 0.717) is 28.3 Å². The zero-order chi connectivity index (χ0) is 20.3. The van der Waals surface area contributed by atoms with Crippen molar-refractivity contribution in [3.05, 3.63) is 71.3 Å². The quantitative estimate of drug-likeness (QED) is 0.624. The molecule has 0 aliphatic heterocycles. The summed E-state index contributed by atoms with van der Waals surface area (Å²) in [5.41, 5.74) is 3.73. The number of anilines is 2. The van der Waals surface area contributed by atoms with E-state index in [1.54, 1.807) is 36.7 Å². The first-order chi connectivity index (χ1) is 13.3. The number of aromatic nitrogens is 2. The zero-order valence-corrected chi connectivity index (χ0v) is 15.4. The normalized spacial score (nSPS) is 10.5. The van der Waals surface area contributed by atoms with Crippen LogP contribution in [0.4, 0.5) is 20.6 Å². The number of aliphatic carboxylic acids is 1. The lowest BCUT2D eigenvalue weighted by molar-refractivity contribution is -0.136. The van der Waals surface area contributed by atoms with Crippen LogP contribution in [0, 0.1) is 19.7 Å². The summed E-state index contributed by atoms with van der Waals surface area (Å²) in [6, 6.07) is 12.0. The smallest absolute Gasteiger partial charge is 0.323 e. The molecule has 0 radical (unpaired) electrons. The average molecular weight is 382 g/mol. The molecule has 0 fully saturated rings. The number of nitrogens with zero attached hydrogens (tertiary/aromatic N) is 2. The molecule has 0 bridgehead atoms. The number of urea groups is 1. The molecule has 0 unspecified atom stereocenters. The molecule has 1 aromatic heterocycles. The minimum atomic E-state index is -0.918. The number of carbonyl (C=O) groups is 2. The first-order valence-corrected chi connectivity index (χ1v) is 8.54. The number of amides is 2. The lowest BCUT2D eigenvalue weighted by atomic mass is 10.1. The van der Waals surface area contributed by atoms with Crippen LogP contribution in [0.1, 0.15) is 17.0 Å². The van der Waals surface area contributed by atoms with Crippen molar-refractivity contribution in [3.63, 3.8) is 0 Å². The number of hydrogen-bond donors (Lipinski definition) is 3. The fourth-order valence-electron chi connectivity index (χ4n) is 2.88. The van der Waals surface area contributed by atoms with Crippen LogP contribution < -0.4 is 10.6 Å². The van der Waals surface area contributed by atoms with Gasteiger partial charge in [0, 0.05) is 22.6 Å². The van der Waals surface area contributed by atoms with E-state index in [9.17, 15) is 14.0 Å². The van der Waals surface area contributed by atoms with Gasteiger partial charge in [0.05, 0.1) is 17.8 Å². The highest BCUT2D eigenvalue weighted by molar-refractivity contribution is 5.99. The Morgan fingerprint density at radius 3 is 2.43 bits per heavy atom. The first-order valence-electron chi connectivity index (χ1n) is 8.54. The van der Waals surface area contributed by atoms with Gasteiger partial charge < -0.3 is 15.7 Å². The molecule has 144 valence electrons. The molecule has 2 aromatic carbocycles. The van der Waals surface area contributed by atoms with Gasteiger partial charge in [0.2, 0.25) is 0 Å². The second-order valence-electron chi connectivity index (χ2n) is 6.27. The average Bonchev–Trinajstić information content (AvgIpc) is 2.91. The molecule has 7 nitrogen and oxygen atoms in total. The lowest BCUT2D eigenvalue weighted by Crippen LogP contribution is -2.19. The standard InChI is InChI=1S/C20H19FN4O3/c1-12-18(11-19(26)27)13(2)25(24-12)17-5-3-4-16(10-17)23-20(28)22-15-8-6-14(21)7-9-15/h3-10H,11H2,1-2H3,(H,26,27)(H2,22,23,28). The van der Waals surface area contributed by atoms with Gasteiger partial charge in [0.1, 0.15) is 5.82 Å². The Bertz CT molecular complexity index is 1030. The van der Waals surface area contributed by atoms with Gasteiger partial charge in [-0.3, -0.25) is 4.79 Å². The summed E-state index contributed by atoms with van der Waals surface area (Å²) in [6.45, 7) is 3.57. The third kappa shape index (κ3) is 4.35. The number of carboxylic acid groups (broad SMARTS) is 1. The molecule has 28 heavy (non-hydrogen) atoms. The third-order valence-electron chi connectivity index (χ3n) is 4.22. The number of aryl methyl sites for hydroxylation is 1. The van der Waals surface area contributed by atoms with E-state index in [2.05, 4.69) is 15.7 Å². The van der Waals surface area contributed by atoms with Gasteiger partial charge in [-0.1, -0.05) is 6.07 Å². The summed E-state index contributed by atoms with van der Waals surface area (Å²) in [6.07, 6.45) is -0.102. The number of hydrogen-bond acceptors (Lipinski definition) is 3. The van der Waals surface area contributed by atoms with E-state index in [1.807, 2.05) is 6.07 Å². The van der Waals surface area contributed by atoms with Crippen LogP contribution in [0.25, 0.3) is 5.69 Å². The topological polar surface area (TPSA) is 96.3 Å². The second-order valence-corrected chi connectivity index (χ2v) is 6.27. The van der Waals surface area contributed by atoms with Gasteiger partial charge in [0.25, 0.3) is 0 Å². The van der Waals surface area contributed by atoms with E-state index in [-0.39, 0.29) is 12.2 Å². The molecule has 0 aliphatic carbocycles. The van der Waals surface area contributed by atoms with E-state index >= 15 is 0 Å². The van der Waals surface area contributed by atoms with Gasteiger partial charge >= 0.3 is 12.0 Å². The summed E-state index contributed by atoms with van der Waals surface area (Å²) in [5, 5.41) is 18.8. The van der Waals surface area contributed by atoms with Crippen molar-refractivity contribution in [1.82, 2.24) is 9.78 Å². The minimum absolute atomic E-state index is 0.102. The monoisotopic (exact) mass is 382 g/mol. The van der Waals surface area contributed by atoms with Crippen molar-refractivity contribution in [1.29, 1.82) is 0 Å². The van der Waals surface area contributed by atoms with Crippen molar-refractivity contribution < 1.29 is 19.1 Å². The molecule has 0 saturated carbocycles. The molecule has 3 aromatic rings. The summed E-state index contributed by atoms with van der Waals surface area (Å²) < 4.78 is 14.6. The van der Waals surface area contributed by atoms with Crippen LogP contribution in [0.5, 0.6) is 0 Å². The maximum atomic E-state index is 12.9. The fourth-order valence-corrected chi connectivity index (χ4v) is 2.88. The molecule has 3 N–H and O–H groups in total. The van der Waals surface area contributed by atoms with Gasteiger partial charge in [-0.2, -0.15) is 5.10 Å². The molecular formula is C20H19FN4O3. The molecule has 8 heteroatoms. The highest BCUT2D eigenvalue weighted by Gasteiger charge is 2.15. The largest absolute Gasteiger partial charge is 0.481 e. The lowest BCUT2D eigenvalue weighted by Gasteiger charge is -2.10. The Morgan fingerprint density at radius 2 is 1.75 bits per heavy atom. The summed E-state index contributed by atoms with van der Waals surface area (Å²) >= 11 is 0. The Kier molecular flexibility index (Phi) is 5.39. The van der Waals surface area contributed by atoms with Crippen molar-refractivity contribution in [2.75, 3.05) is 10.6 Å². The Morgan fingerprint density at radius 1 is 1.07 bits per heavy atom. The molecule has 0 atom stereocenters. The predicted octanol–water partition coefficient (Wildman–Crippen LogP) is 3.90. The Labute approximate surface area is 160 Å². The molecule has 0 spiro atoms. The molecule has 1 heterocycles. The van der Waals surface area contributed by atoms with Crippen LogP contribution in [-0.4, -0.2) is 26.9 Å². The Hall–Kier alpha value is -3.68. The highest BCUT2D eigenvalue weighted by Crippen LogP contribution is 2.21. The van der Waals surface area contributed by atoms with Crippen LogP contribution in [0.2, 0.25) is 0 Å². The van der Waals surface area contributed by atoms with Crippen molar-refractivity contribution in [2.45, 2.75) is 20.3 Å².